The highest BCUT2D eigenvalue weighted by atomic mass is 35.7. The fraction of sp³-hybridized carbons (Fsp3) is 0. The van der Waals surface area contributed by atoms with Crippen molar-refractivity contribution < 1.29 is 13.3 Å². The molecule has 0 spiro atoms. The average molecular weight is 268 g/mol. The van der Waals surface area contributed by atoms with E-state index >= 15 is 0 Å². The molecule has 0 amide bonds. The van der Waals surface area contributed by atoms with Gasteiger partial charge >= 0.3 is 5.82 Å². The molecule has 0 bridgehead atoms. The van der Waals surface area contributed by atoms with Gasteiger partial charge in [0.15, 0.2) is 0 Å². The van der Waals surface area contributed by atoms with E-state index in [0.717, 1.165) is 15.7 Å². The number of aromatic nitrogens is 2. The van der Waals surface area contributed by atoms with Crippen molar-refractivity contribution in [2.75, 3.05) is 0 Å². The quantitative estimate of drug-likeness (QED) is 0.463. The van der Waals surface area contributed by atoms with Gasteiger partial charge in [0.1, 0.15) is 6.20 Å². The number of nitrogens with zero attached hydrogens (tertiary/aromatic N) is 3. The zero-order valence-electron chi connectivity index (χ0n) is 6.82. The Hall–Kier alpha value is -1.19. The van der Waals surface area contributed by atoms with Crippen molar-refractivity contribution in [1.29, 1.82) is 0 Å². The number of halogens is 1. The summed E-state index contributed by atoms with van der Waals surface area (Å²) in [6.45, 7) is 0. The highest BCUT2D eigenvalue weighted by Crippen LogP contribution is 2.29. The molecule has 2 heterocycles. The lowest BCUT2D eigenvalue weighted by atomic mass is 10.7. The fourth-order valence-electron chi connectivity index (χ4n) is 1.08. The lowest BCUT2D eigenvalue weighted by Gasteiger charge is -1.92. The van der Waals surface area contributed by atoms with E-state index in [2.05, 4.69) is 4.98 Å². The maximum absolute atomic E-state index is 11.0. The largest absolute Gasteiger partial charge is 0.369 e. The molecular weight excluding hydrogens is 266 g/mol. The zero-order chi connectivity index (χ0) is 11.2. The summed E-state index contributed by atoms with van der Waals surface area (Å²) in [5.41, 5.74) is 0. The van der Waals surface area contributed by atoms with E-state index < -0.39 is 24.8 Å². The number of hydrogen-bond donors (Lipinski definition) is 0. The number of thiazole rings is 1. The molecule has 80 valence electrons. The van der Waals surface area contributed by atoms with Gasteiger partial charge in [-0.25, -0.2) is 8.42 Å². The summed E-state index contributed by atoms with van der Waals surface area (Å²) in [6.07, 6.45) is 1.36. The van der Waals surface area contributed by atoms with Crippen LogP contribution in [-0.2, 0) is 9.05 Å². The van der Waals surface area contributed by atoms with Crippen LogP contribution in [0.4, 0.5) is 5.82 Å². The summed E-state index contributed by atoms with van der Waals surface area (Å²) in [7, 11) is 0.828. The molecule has 0 aliphatic heterocycles. The van der Waals surface area contributed by atoms with Crippen molar-refractivity contribution in [1.82, 2.24) is 9.38 Å². The lowest BCUT2D eigenvalue weighted by Crippen LogP contribution is -1.99. The van der Waals surface area contributed by atoms with Gasteiger partial charge in [0.05, 0.1) is 0 Å². The van der Waals surface area contributed by atoms with Gasteiger partial charge in [-0.15, -0.1) is 0 Å². The molecule has 10 heteroatoms. The minimum Gasteiger partial charge on any atom is -0.358 e. The van der Waals surface area contributed by atoms with Crippen molar-refractivity contribution in [3.8, 4) is 0 Å². The van der Waals surface area contributed by atoms with E-state index in [4.69, 9.17) is 10.7 Å². The predicted octanol–water partition coefficient (Wildman–Crippen LogP) is 1.23. The summed E-state index contributed by atoms with van der Waals surface area (Å²) in [6, 6.07) is 0. The number of fused-ring (bicyclic) bond motifs is 1. The smallest absolute Gasteiger partial charge is 0.358 e. The molecule has 0 fully saturated rings. The van der Waals surface area contributed by atoms with E-state index in [1.54, 1.807) is 5.38 Å². The van der Waals surface area contributed by atoms with Crippen molar-refractivity contribution in [3.63, 3.8) is 0 Å². The van der Waals surface area contributed by atoms with Gasteiger partial charge in [-0.05, 0) is 4.92 Å². The van der Waals surface area contributed by atoms with Crippen LogP contribution < -0.4 is 0 Å². The molecule has 0 aromatic carbocycles. The van der Waals surface area contributed by atoms with E-state index in [1.165, 1.54) is 6.20 Å². The second kappa shape index (κ2) is 3.15. The summed E-state index contributed by atoms with van der Waals surface area (Å²) >= 11 is 1.08. The Morgan fingerprint density at radius 1 is 1.60 bits per heavy atom. The summed E-state index contributed by atoms with van der Waals surface area (Å²) < 4.78 is 23.1. The Labute approximate surface area is 91.5 Å². The minimum atomic E-state index is -4.20. The third kappa shape index (κ3) is 1.58. The number of rotatable bonds is 2. The van der Waals surface area contributed by atoms with Crippen LogP contribution >= 0.6 is 22.0 Å². The Morgan fingerprint density at radius 2 is 2.27 bits per heavy atom. The Morgan fingerprint density at radius 3 is 2.80 bits per heavy atom. The van der Waals surface area contributed by atoms with Crippen LogP contribution in [-0.4, -0.2) is 22.7 Å². The number of nitro groups is 1. The molecule has 0 N–H and O–H groups in total. The van der Waals surface area contributed by atoms with Crippen LogP contribution in [0.2, 0.25) is 0 Å². The monoisotopic (exact) mass is 267 g/mol. The molecular formula is C5H2ClN3O4S2. The van der Waals surface area contributed by atoms with Gasteiger partial charge in [-0.2, -0.15) is 9.38 Å². The third-order valence-corrected chi connectivity index (χ3v) is 3.54. The molecule has 0 atom stereocenters. The first-order valence-corrected chi connectivity index (χ1v) is 6.65. The predicted molar refractivity (Wildman–Crippen MR) is 52.8 cm³/mol. The minimum absolute atomic E-state index is 0.209. The maximum atomic E-state index is 11.0. The van der Waals surface area contributed by atoms with Gasteiger partial charge in [-0.3, -0.25) is 0 Å². The van der Waals surface area contributed by atoms with Gasteiger partial charge < -0.3 is 10.1 Å². The SMILES string of the molecule is O=[N+]([O-])c1c(S(=O)(=O)Cl)nc2sccn12. The molecule has 0 aliphatic rings. The molecule has 0 aliphatic carbocycles. The second-order valence-corrected chi connectivity index (χ2v) is 5.85. The molecule has 0 unspecified atom stereocenters. The summed E-state index contributed by atoms with van der Waals surface area (Å²) in [5.74, 6) is -0.638. The summed E-state index contributed by atoms with van der Waals surface area (Å²) in [4.78, 5) is 13.6. The second-order valence-electron chi connectivity index (χ2n) is 2.49. The van der Waals surface area contributed by atoms with Crippen LogP contribution in [0.15, 0.2) is 16.6 Å². The highest BCUT2D eigenvalue weighted by Gasteiger charge is 2.31. The van der Waals surface area contributed by atoms with Crippen LogP contribution in [0.5, 0.6) is 0 Å². The van der Waals surface area contributed by atoms with E-state index in [9.17, 15) is 18.5 Å². The molecule has 15 heavy (non-hydrogen) atoms. The van der Waals surface area contributed by atoms with Gasteiger partial charge in [0.2, 0.25) is 0 Å². The molecule has 2 aromatic rings. The van der Waals surface area contributed by atoms with Crippen LogP contribution in [0.3, 0.4) is 0 Å². The van der Waals surface area contributed by atoms with E-state index in [-0.39, 0.29) is 4.96 Å². The molecule has 2 rings (SSSR count). The highest BCUT2D eigenvalue weighted by molar-refractivity contribution is 8.13. The van der Waals surface area contributed by atoms with Crippen LogP contribution in [0.25, 0.3) is 4.96 Å². The van der Waals surface area contributed by atoms with Crippen molar-refractivity contribution in [2.45, 2.75) is 5.03 Å². The standard InChI is InChI=1S/C5H2ClN3O4S2/c6-15(12,13)3-4(9(10)11)8-1-2-14-5(8)7-3/h1-2H. The average Bonchev–Trinajstić information content (AvgIpc) is 2.56. The Balaban J connectivity index is 2.91. The Bertz CT molecular complexity index is 642. The molecule has 0 saturated heterocycles. The third-order valence-electron chi connectivity index (χ3n) is 1.61. The van der Waals surface area contributed by atoms with Crippen molar-refractivity contribution in [2.24, 2.45) is 0 Å². The van der Waals surface area contributed by atoms with E-state index in [1.807, 2.05) is 0 Å². The number of hydrogen-bond acceptors (Lipinski definition) is 6. The molecule has 0 radical (unpaired) electrons. The fourth-order valence-corrected chi connectivity index (χ4v) is 2.75. The first-order valence-electron chi connectivity index (χ1n) is 3.46. The van der Waals surface area contributed by atoms with Crippen LogP contribution in [0, 0.1) is 10.1 Å². The Kier molecular flexibility index (Phi) is 2.17. The first-order chi connectivity index (χ1) is 6.91. The first kappa shape index (κ1) is 10.3. The molecule has 0 saturated carbocycles. The van der Waals surface area contributed by atoms with Gasteiger partial charge in [0, 0.05) is 16.1 Å². The molecule has 2 aromatic heterocycles. The van der Waals surface area contributed by atoms with Crippen molar-refractivity contribution >= 4 is 41.8 Å². The van der Waals surface area contributed by atoms with E-state index in [0.29, 0.717) is 0 Å². The zero-order valence-corrected chi connectivity index (χ0v) is 9.21. The lowest BCUT2D eigenvalue weighted by molar-refractivity contribution is -0.393. The van der Waals surface area contributed by atoms with Gasteiger partial charge in [-0.1, -0.05) is 11.3 Å². The summed E-state index contributed by atoms with van der Waals surface area (Å²) in [5, 5.41) is 11.5. The topological polar surface area (TPSA) is 94.6 Å². The van der Waals surface area contributed by atoms with Crippen LogP contribution in [0.1, 0.15) is 0 Å². The number of imidazole rings is 1. The van der Waals surface area contributed by atoms with Crippen molar-refractivity contribution in [3.05, 3.63) is 21.7 Å². The normalized spacial score (nSPS) is 12.1. The molecule has 7 nitrogen and oxygen atoms in total. The van der Waals surface area contributed by atoms with Gasteiger partial charge in [0.25, 0.3) is 19.0 Å². The maximum Gasteiger partial charge on any atom is 0.369 e.